The zero-order chi connectivity index (χ0) is 7.19. The van der Waals surface area contributed by atoms with Gasteiger partial charge in [0.25, 0.3) is 0 Å². The molecule has 1 heterocycles. The van der Waals surface area contributed by atoms with Gasteiger partial charge in [0.05, 0.1) is 0 Å². The standard InChI is InChI=1S/C7H14O2S/c1-10(2)8-6-4-3-5-7(6)9-10/h6-7H,3-5H2,1-2H3. The van der Waals surface area contributed by atoms with Crippen LogP contribution in [0.1, 0.15) is 19.3 Å². The van der Waals surface area contributed by atoms with Crippen molar-refractivity contribution < 1.29 is 8.37 Å². The normalized spacial score (nSPS) is 47.0. The van der Waals surface area contributed by atoms with Gasteiger partial charge in [-0.3, -0.25) is 8.37 Å². The first-order chi connectivity index (χ1) is 4.67. The van der Waals surface area contributed by atoms with Crippen LogP contribution >= 0.6 is 10.6 Å². The fourth-order valence-electron chi connectivity index (χ4n) is 1.73. The molecule has 60 valence electrons. The highest BCUT2D eigenvalue weighted by Crippen LogP contribution is 2.55. The smallest absolute Gasteiger partial charge is 0.110 e. The third-order valence-electron chi connectivity index (χ3n) is 2.10. The summed E-state index contributed by atoms with van der Waals surface area (Å²) in [6, 6.07) is 0. The molecule has 0 spiro atoms. The lowest BCUT2D eigenvalue weighted by Gasteiger charge is -2.28. The largest absolute Gasteiger partial charge is 0.279 e. The predicted molar refractivity (Wildman–Crippen MR) is 43.0 cm³/mol. The maximum absolute atomic E-state index is 5.73. The molecule has 1 saturated carbocycles. The fraction of sp³-hybridized carbons (Fsp3) is 1.00. The minimum Gasteiger partial charge on any atom is -0.279 e. The highest BCUT2D eigenvalue weighted by atomic mass is 32.3. The van der Waals surface area contributed by atoms with Gasteiger partial charge in [0.1, 0.15) is 12.2 Å². The lowest BCUT2D eigenvalue weighted by atomic mass is 10.3. The van der Waals surface area contributed by atoms with Gasteiger partial charge in [0.15, 0.2) is 0 Å². The number of fused-ring (bicyclic) bond motifs is 1. The van der Waals surface area contributed by atoms with Gasteiger partial charge in [-0.2, -0.15) is 10.6 Å². The summed E-state index contributed by atoms with van der Waals surface area (Å²) in [5, 5.41) is 0. The third kappa shape index (κ3) is 1.06. The zero-order valence-corrected chi connectivity index (χ0v) is 7.32. The van der Waals surface area contributed by atoms with Crippen LogP contribution in [0.3, 0.4) is 0 Å². The highest BCUT2D eigenvalue weighted by Gasteiger charge is 2.40. The molecule has 1 saturated heterocycles. The molecule has 2 rings (SSSR count). The van der Waals surface area contributed by atoms with Crippen LogP contribution in [0.4, 0.5) is 0 Å². The van der Waals surface area contributed by atoms with Crippen molar-refractivity contribution in [3.05, 3.63) is 0 Å². The molecule has 0 aromatic rings. The molecule has 2 unspecified atom stereocenters. The Bertz CT molecular complexity index is 133. The third-order valence-corrected chi connectivity index (χ3v) is 3.52. The summed E-state index contributed by atoms with van der Waals surface area (Å²) in [5.41, 5.74) is 0. The van der Waals surface area contributed by atoms with Gasteiger partial charge in [-0.25, -0.2) is 0 Å². The second-order valence-corrected chi connectivity index (χ2v) is 6.01. The van der Waals surface area contributed by atoms with E-state index < -0.39 is 10.6 Å². The monoisotopic (exact) mass is 162 g/mol. The summed E-state index contributed by atoms with van der Waals surface area (Å²) in [6.07, 6.45) is 8.72. The van der Waals surface area contributed by atoms with Gasteiger partial charge in [-0.15, -0.1) is 0 Å². The highest BCUT2D eigenvalue weighted by molar-refractivity contribution is 8.24. The molecular formula is C7H14O2S. The molecule has 2 nitrogen and oxygen atoms in total. The van der Waals surface area contributed by atoms with Crippen molar-refractivity contribution >= 4 is 10.6 Å². The molecule has 2 fully saturated rings. The summed E-state index contributed by atoms with van der Waals surface area (Å²) < 4.78 is 11.5. The minimum absolute atomic E-state index is 0.435. The second-order valence-electron chi connectivity index (χ2n) is 3.34. The summed E-state index contributed by atoms with van der Waals surface area (Å²) in [7, 11) is -1.11. The lowest BCUT2D eigenvalue weighted by Crippen LogP contribution is -2.13. The first-order valence-electron chi connectivity index (χ1n) is 3.77. The average molecular weight is 162 g/mol. The molecule has 3 heteroatoms. The molecule has 0 radical (unpaired) electrons. The maximum atomic E-state index is 5.73. The van der Waals surface area contributed by atoms with Crippen LogP contribution in [0.25, 0.3) is 0 Å². The van der Waals surface area contributed by atoms with Gasteiger partial charge in [0.2, 0.25) is 0 Å². The summed E-state index contributed by atoms with van der Waals surface area (Å²) in [5.74, 6) is 0. The Morgan fingerprint density at radius 3 is 2.10 bits per heavy atom. The van der Waals surface area contributed by atoms with Crippen LogP contribution in [-0.4, -0.2) is 24.7 Å². The van der Waals surface area contributed by atoms with Crippen molar-refractivity contribution in [2.24, 2.45) is 0 Å². The van der Waals surface area contributed by atoms with Crippen LogP contribution in [0, 0.1) is 0 Å². The molecule has 1 aliphatic carbocycles. The molecule has 0 aromatic heterocycles. The second kappa shape index (κ2) is 2.13. The van der Waals surface area contributed by atoms with Crippen molar-refractivity contribution in [1.82, 2.24) is 0 Å². The van der Waals surface area contributed by atoms with Crippen molar-refractivity contribution in [1.29, 1.82) is 0 Å². The number of rotatable bonds is 0. The Balaban J connectivity index is 2.07. The topological polar surface area (TPSA) is 18.5 Å². The molecule has 0 N–H and O–H groups in total. The minimum atomic E-state index is -1.11. The molecule has 0 amide bonds. The van der Waals surface area contributed by atoms with Gasteiger partial charge in [-0.1, -0.05) is 0 Å². The van der Waals surface area contributed by atoms with Crippen LogP contribution in [0.5, 0.6) is 0 Å². The number of hydrogen-bond donors (Lipinski definition) is 0. The average Bonchev–Trinajstić information content (AvgIpc) is 2.20. The Kier molecular flexibility index (Phi) is 1.48. The predicted octanol–water partition coefficient (Wildman–Crippen LogP) is 1.85. The molecule has 2 aliphatic rings. The summed E-state index contributed by atoms with van der Waals surface area (Å²) in [4.78, 5) is 0. The van der Waals surface area contributed by atoms with E-state index in [1.807, 2.05) is 0 Å². The van der Waals surface area contributed by atoms with Gasteiger partial charge < -0.3 is 0 Å². The number of hydrogen-bond acceptors (Lipinski definition) is 2. The van der Waals surface area contributed by atoms with Crippen LogP contribution < -0.4 is 0 Å². The van der Waals surface area contributed by atoms with E-state index >= 15 is 0 Å². The van der Waals surface area contributed by atoms with Gasteiger partial charge >= 0.3 is 0 Å². The van der Waals surface area contributed by atoms with Crippen LogP contribution in [0.2, 0.25) is 0 Å². The Morgan fingerprint density at radius 1 is 1.10 bits per heavy atom. The van der Waals surface area contributed by atoms with E-state index in [1.54, 1.807) is 0 Å². The Labute approximate surface area is 63.6 Å². The lowest BCUT2D eigenvalue weighted by molar-refractivity contribution is 0.187. The zero-order valence-electron chi connectivity index (χ0n) is 6.50. The molecule has 0 bridgehead atoms. The first kappa shape index (κ1) is 6.95. The van der Waals surface area contributed by atoms with E-state index in [9.17, 15) is 0 Å². The summed E-state index contributed by atoms with van der Waals surface area (Å²) >= 11 is 0. The fourth-order valence-corrected chi connectivity index (χ4v) is 3.41. The Hall–Kier alpha value is 0.270. The SMILES string of the molecule is CS1(C)OC2CCCC2O1. The van der Waals surface area contributed by atoms with Crippen LogP contribution in [-0.2, 0) is 8.37 Å². The molecule has 0 aromatic carbocycles. The molecule has 10 heavy (non-hydrogen) atoms. The molecule has 2 atom stereocenters. The van der Waals surface area contributed by atoms with E-state index in [1.165, 1.54) is 19.3 Å². The molecular weight excluding hydrogens is 148 g/mol. The van der Waals surface area contributed by atoms with Gasteiger partial charge in [0, 0.05) is 12.5 Å². The van der Waals surface area contributed by atoms with Crippen molar-refractivity contribution in [2.75, 3.05) is 12.5 Å². The van der Waals surface area contributed by atoms with Crippen molar-refractivity contribution in [3.8, 4) is 0 Å². The first-order valence-corrected chi connectivity index (χ1v) is 6.07. The van der Waals surface area contributed by atoms with E-state index in [0.29, 0.717) is 12.2 Å². The van der Waals surface area contributed by atoms with E-state index in [4.69, 9.17) is 8.37 Å². The van der Waals surface area contributed by atoms with E-state index in [0.717, 1.165) is 0 Å². The van der Waals surface area contributed by atoms with Crippen LogP contribution in [0.15, 0.2) is 0 Å². The summed E-state index contributed by atoms with van der Waals surface area (Å²) in [6.45, 7) is 0. The molecule has 1 aliphatic heterocycles. The maximum Gasteiger partial charge on any atom is 0.110 e. The van der Waals surface area contributed by atoms with E-state index in [-0.39, 0.29) is 0 Å². The van der Waals surface area contributed by atoms with E-state index in [2.05, 4.69) is 12.5 Å². The Morgan fingerprint density at radius 2 is 1.60 bits per heavy atom. The van der Waals surface area contributed by atoms with Crippen molar-refractivity contribution in [2.45, 2.75) is 31.5 Å². The van der Waals surface area contributed by atoms with Crippen molar-refractivity contribution in [3.63, 3.8) is 0 Å². The van der Waals surface area contributed by atoms with Gasteiger partial charge in [-0.05, 0) is 19.3 Å². The quantitative estimate of drug-likeness (QED) is 0.541.